The SMILES string of the molecule is CC1CCOC(=O)CCCCC(=O)OC1. The Kier molecular flexibility index (Phi) is 5.15. The smallest absolute Gasteiger partial charge is 0.305 e. The lowest BCUT2D eigenvalue weighted by Crippen LogP contribution is -2.16. The average Bonchev–Trinajstić information content (AvgIpc) is 2.20. The minimum absolute atomic E-state index is 0.156. The van der Waals surface area contributed by atoms with Crippen LogP contribution < -0.4 is 0 Å². The van der Waals surface area contributed by atoms with Crippen molar-refractivity contribution >= 4 is 11.9 Å². The van der Waals surface area contributed by atoms with Gasteiger partial charge in [-0.05, 0) is 25.2 Å². The van der Waals surface area contributed by atoms with E-state index in [0.717, 1.165) is 6.42 Å². The molecule has 4 nitrogen and oxygen atoms in total. The summed E-state index contributed by atoms with van der Waals surface area (Å²) in [6.45, 7) is 2.83. The van der Waals surface area contributed by atoms with Gasteiger partial charge < -0.3 is 9.47 Å². The Morgan fingerprint density at radius 3 is 2.33 bits per heavy atom. The maximum absolute atomic E-state index is 11.2. The lowest BCUT2D eigenvalue weighted by molar-refractivity contribution is -0.148. The number of esters is 2. The lowest BCUT2D eigenvalue weighted by Gasteiger charge is -2.13. The molecule has 1 heterocycles. The van der Waals surface area contributed by atoms with E-state index in [0.29, 0.717) is 38.9 Å². The van der Waals surface area contributed by atoms with E-state index in [2.05, 4.69) is 0 Å². The summed E-state index contributed by atoms with van der Waals surface area (Å²) >= 11 is 0. The number of carbonyl (C=O) groups is 2. The molecule has 0 aromatic rings. The number of hydrogen-bond donors (Lipinski definition) is 0. The average molecular weight is 214 g/mol. The molecule has 0 bridgehead atoms. The Morgan fingerprint density at radius 2 is 1.67 bits per heavy atom. The normalized spacial score (nSPS) is 25.8. The van der Waals surface area contributed by atoms with E-state index < -0.39 is 0 Å². The molecule has 1 unspecified atom stereocenters. The van der Waals surface area contributed by atoms with Crippen molar-refractivity contribution < 1.29 is 19.1 Å². The van der Waals surface area contributed by atoms with Gasteiger partial charge >= 0.3 is 11.9 Å². The molecule has 1 aliphatic rings. The highest BCUT2D eigenvalue weighted by Crippen LogP contribution is 2.09. The topological polar surface area (TPSA) is 52.6 Å². The van der Waals surface area contributed by atoms with Gasteiger partial charge in [0.25, 0.3) is 0 Å². The maximum atomic E-state index is 11.2. The third-order valence-corrected chi connectivity index (χ3v) is 2.41. The Bertz CT molecular complexity index is 225. The van der Waals surface area contributed by atoms with Gasteiger partial charge in [0.2, 0.25) is 0 Å². The first-order valence-corrected chi connectivity index (χ1v) is 5.49. The van der Waals surface area contributed by atoms with E-state index in [1.165, 1.54) is 0 Å². The number of cyclic esters (lactones) is 2. The van der Waals surface area contributed by atoms with E-state index in [1.54, 1.807) is 0 Å². The van der Waals surface area contributed by atoms with Crippen LogP contribution in [0.1, 0.15) is 39.0 Å². The zero-order valence-electron chi connectivity index (χ0n) is 9.16. The summed E-state index contributed by atoms with van der Waals surface area (Å²) in [6.07, 6.45) is 2.95. The van der Waals surface area contributed by atoms with Gasteiger partial charge in [0, 0.05) is 12.8 Å². The highest BCUT2D eigenvalue weighted by atomic mass is 16.5. The monoisotopic (exact) mass is 214 g/mol. The van der Waals surface area contributed by atoms with Crippen LogP contribution in [-0.4, -0.2) is 25.2 Å². The molecule has 4 heteroatoms. The molecule has 0 saturated carbocycles. The molecular weight excluding hydrogens is 196 g/mol. The summed E-state index contributed by atoms with van der Waals surface area (Å²) in [5.74, 6) is -0.0619. The molecule has 0 N–H and O–H groups in total. The molecule has 1 atom stereocenters. The summed E-state index contributed by atoms with van der Waals surface area (Å²) < 4.78 is 10.1. The molecule has 0 aliphatic carbocycles. The van der Waals surface area contributed by atoms with Gasteiger partial charge in [-0.1, -0.05) is 6.92 Å². The minimum Gasteiger partial charge on any atom is -0.466 e. The molecule has 1 fully saturated rings. The van der Waals surface area contributed by atoms with E-state index in [4.69, 9.17) is 9.47 Å². The zero-order valence-corrected chi connectivity index (χ0v) is 9.16. The van der Waals surface area contributed by atoms with Gasteiger partial charge in [0.1, 0.15) is 0 Å². The molecule has 0 aromatic carbocycles. The number of ether oxygens (including phenoxy) is 2. The molecule has 15 heavy (non-hydrogen) atoms. The molecule has 0 amide bonds. The zero-order chi connectivity index (χ0) is 11.1. The van der Waals surface area contributed by atoms with Crippen molar-refractivity contribution in [3.8, 4) is 0 Å². The lowest BCUT2D eigenvalue weighted by atomic mass is 10.1. The minimum atomic E-state index is -0.157. The largest absolute Gasteiger partial charge is 0.466 e. The number of hydrogen-bond acceptors (Lipinski definition) is 4. The summed E-state index contributed by atoms with van der Waals surface area (Å²) in [4.78, 5) is 22.3. The maximum Gasteiger partial charge on any atom is 0.305 e. The fourth-order valence-corrected chi connectivity index (χ4v) is 1.38. The quantitative estimate of drug-likeness (QED) is 0.575. The van der Waals surface area contributed by atoms with Crippen LogP contribution in [0.5, 0.6) is 0 Å². The summed E-state index contributed by atoms with van der Waals surface area (Å²) in [5, 5.41) is 0. The van der Waals surface area contributed by atoms with Crippen LogP contribution in [0.3, 0.4) is 0 Å². The predicted octanol–water partition coefficient (Wildman–Crippen LogP) is 1.67. The van der Waals surface area contributed by atoms with Gasteiger partial charge in [0.15, 0.2) is 0 Å². The Labute approximate surface area is 89.9 Å². The predicted molar refractivity (Wildman–Crippen MR) is 54.2 cm³/mol. The molecule has 86 valence electrons. The van der Waals surface area contributed by atoms with Gasteiger partial charge in [-0.2, -0.15) is 0 Å². The van der Waals surface area contributed by atoms with Crippen LogP contribution in [0.2, 0.25) is 0 Å². The fraction of sp³-hybridized carbons (Fsp3) is 0.818. The van der Waals surface area contributed by atoms with Gasteiger partial charge in [0.05, 0.1) is 13.2 Å². The number of carbonyl (C=O) groups excluding carboxylic acids is 2. The highest BCUT2D eigenvalue weighted by Gasteiger charge is 2.11. The van der Waals surface area contributed by atoms with Crippen molar-refractivity contribution in [2.75, 3.05) is 13.2 Å². The van der Waals surface area contributed by atoms with E-state index in [9.17, 15) is 9.59 Å². The van der Waals surface area contributed by atoms with Crippen LogP contribution >= 0.6 is 0 Å². The van der Waals surface area contributed by atoms with Crippen molar-refractivity contribution in [3.05, 3.63) is 0 Å². The van der Waals surface area contributed by atoms with Crippen molar-refractivity contribution in [2.24, 2.45) is 5.92 Å². The van der Waals surface area contributed by atoms with E-state index in [1.807, 2.05) is 6.92 Å². The van der Waals surface area contributed by atoms with Crippen molar-refractivity contribution in [1.82, 2.24) is 0 Å². The second-order valence-electron chi connectivity index (χ2n) is 4.00. The van der Waals surface area contributed by atoms with Gasteiger partial charge in [-0.15, -0.1) is 0 Å². The molecule has 0 spiro atoms. The molecule has 1 saturated heterocycles. The van der Waals surface area contributed by atoms with Crippen LogP contribution in [0.25, 0.3) is 0 Å². The molecule has 0 radical (unpaired) electrons. The molecule has 0 aromatic heterocycles. The number of rotatable bonds is 0. The molecule has 1 aliphatic heterocycles. The second kappa shape index (κ2) is 6.43. The van der Waals surface area contributed by atoms with Crippen LogP contribution in [0, 0.1) is 5.92 Å². The van der Waals surface area contributed by atoms with Crippen LogP contribution in [-0.2, 0) is 19.1 Å². The fourth-order valence-electron chi connectivity index (χ4n) is 1.38. The highest BCUT2D eigenvalue weighted by molar-refractivity contribution is 5.70. The van der Waals surface area contributed by atoms with Crippen molar-refractivity contribution in [2.45, 2.75) is 39.0 Å². The van der Waals surface area contributed by atoms with Gasteiger partial charge in [-0.3, -0.25) is 9.59 Å². The molecular formula is C11H18O4. The first-order valence-electron chi connectivity index (χ1n) is 5.49. The second-order valence-corrected chi connectivity index (χ2v) is 4.00. The Balaban J connectivity index is 2.36. The van der Waals surface area contributed by atoms with Gasteiger partial charge in [-0.25, -0.2) is 0 Å². The Morgan fingerprint density at radius 1 is 1.07 bits per heavy atom. The Hall–Kier alpha value is -1.06. The van der Waals surface area contributed by atoms with Crippen molar-refractivity contribution in [1.29, 1.82) is 0 Å². The third-order valence-electron chi connectivity index (χ3n) is 2.41. The van der Waals surface area contributed by atoms with Crippen LogP contribution in [0.15, 0.2) is 0 Å². The standard InChI is InChI=1S/C11H18O4/c1-9-6-7-14-10(12)4-2-3-5-11(13)15-8-9/h9H,2-8H2,1H3. The third kappa shape index (κ3) is 5.40. The summed E-state index contributed by atoms with van der Waals surface area (Å²) in [7, 11) is 0. The summed E-state index contributed by atoms with van der Waals surface area (Å²) in [6, 6.07) is 0. The van der Waals surface area contributed by atoms with Crippen LogP contribution in [0.4, 0.5) is 0 Å². The summed E-state index contributed by atoms with van der Waals surface area (Å²) in [5.41, 5.74) is 0. The van der Waals surface area contributed by atoms with E-state index >= 15 is 0 Å². The van der Waals surface area contributed by atoms with E-state index in [-0.39, 0.29) is 17.9 Å². The first-order chi connectivity index (χ1) is 7.18. The van der Waals surface area contributed by atoms with Crippen molar-refractivity contribution in [3.63, 3.8) is 0 Å². The molecule has 1 rings (SSSR count). The first kappa shape index (κ1) is 12.0.